The number of ketones is 1. The summed E-state index contributed by atoms with van der Waals surface area (Å²) in [5.41, 5.74) is 3.23. The van der Waals surface area contributed by atoms with Crippen LogP contribution in [0.4, 0.5) is 0 Å². The van der Waals surface area contributed by atoms with Crippen LogP contribution < -0.4 is 4.74 Å². The van der Waals surface area contributed by atoms with Crippen molar-refractivity contribution in [2.45, 2.75) is 26.3 Å². The van der Waals surface area contributed by atoms with E-state index in [1.54, 1.807) is 12.0 Å². The highest BCUT2D eigenvalue weighted by molar-refractivity contribution is 6.46. The van der Waals surface area contributed by atoms with Crippen molar-refractivity contribution >= 4 is 17.4 Å². The van der Waals surface area contributed by atoms with E-state index in [1.807, 2.05) is 56.3 Å². The standard InChI is InChI=1S/C27H32N2O5/c1-18-8-9-19(2)22(16-18)25(30)23-24(20-6-4-7-21(17-20)33-3)29(27(32)26(23)31)11-5-10-28-12-14-34-15-13-28/h4,6-9,16-17,24,30H,5,10-15H2,1-3H3/t24-/m1/s1. The zero-order chi connectivity index (χ0) is 24.2. The Balaban J connectivity index is 1.72. The summed E-state index contributed by atoms with van der Waals surface area (Å²) < 4.78 is 10.8. The number of rotatable bonds is 7. The van der Waals surface area contributed by atoms with Crippen molar-refractivity contribution in [1.82, 2.24) is 9.80 Å². The number of hydrogen-bond acceptors (Lipinski definition) is 6. The second-order valence-corrected chi connectivity index (χ2v) is 8.90. The number of aryl methyl sites for hydroxylation is 2. The van der Waals surface area contributed by atoms with Gasteiger partial charge >= 0.3 is 0 Å². The number of likely N-dealkylation sites (tertiary alicyclic amines) is 1. The smallest absolute Gasteiger partial charge is 0.295 e. The van der Waals surface area contributed by atoms with Crippen LogP contribution >= 0.6 is 0 Å². The van der Waals surface area contributed by atoms with Crippen LogP contribution in [0, 0.1) is 13.8 Å². The van der Waals surface area contributed by atoms with Gasteiger partial charge in [0.05, 0.1) is 31.9 Å². The van der Waals surface area contributed by atoms with Gasteiger partial charge in [-0.3, -0.25) is 14.5 Å². The maximum atomic E-state index is 13.3. The summed E-state index contributed by atoms with van der Waals surface area (Å²) in [5.74, 6) is -0.745. The lowest BCUT2D eigenvalue weighted by molar-refractivity contribution is -0.140. The van der Waals surface area contributed by atoms with Gasteiger partial charge in [-0.15, -0.1) is 0 Å². The molecule has 34 heavy (non-hydrogen) atoms. The summed E-state index contributed by atoms with van der Waals surface area (Å²) in [5, 5.41) is 11.3. The molecule has 1 amide bonds. The number of aliphatic hydroxyl groups is 1. The third-order valence-electron chi connectivity index (χ3n) is 6.57. The molecule has 2 aromatic rings. The Kier molecular flexibility index (Phi) is 7.34. The number of morpholine rings is 1. The fourth-order valence-corrected chi connectivity index (χ4v) is 4.69. The van der Waals surface area contributed by atoms with E-state index in [0.29, 0.717) is 31.1 Å². The molecule has 2 heterocycles. The summed E-state index contributed by atoms with van der Waals surface area (Å²) in [4.78, 5) is 30.3. The maximum Gasteiger partial charge on any atom is 0.295 e. The minimum absolute atomic E-state index is 0.123. The highest BCUT2D eigenvalue weighted by Gasteiger charge is 2.46. The van der Waals surface area contributed by atoms with Crippen molar-refractivity contribution in [2.24, 2.45) is 0 Å². The molecule has 0 saturated carbocycles. The van der Waals surface area contributed by atoms with E-state index >= 15 is 0 Å². The molecule has 7 heteroatoms. The average Bonchev–Trinajstić information content (AvgIpc) is 3.11. The average molecular weight is 465 g/mol. The number of nitrogens with zero attached hydrogens (tertiary/aromatic N) is 2. The van der Waals surface area contributed by atoms with E-state index in [1.165, 1.54) is 0 Å². The summed E-state index contributed by atoms with van der Waals surface area (Å²) in [6, 6.07) is 12.4. The SMILES string of the molecule is COc1cccc([C@@H]2C(=C(O)c3cc(C)ccc3C)C(=O)C(=O)N2CCCN2CCOCC2)c1. The Bertz CT molecular complexity index is 1100. The summed E-state index contributed by atoms with van der Waals surface area (Å²) >= 11 is 0. The van der Waals surface area contributed by atoms with Crippen LogP contribution in [0.2, 0.25) is 0 Å². The van der Waals surface area contributed by atoms with Gasteiger partial charge in [-0.2, -0.15) is 0 Å². The van der Waals surface area contributed by atoms with E-state index < -0.39 is 17.7 Å². The van der Waals surface area contributed by atoms with Gasteiger partial charge < -0.3 is 19.5 Å². The Labute approximate surface area is 200 Å². The van der Waals surface area contributed by atoms with Crippen molar-refractivity contribution in [3.63, 3.8) is 0 Å². The molecule has 0 aromatic heterocycles. The summed E-state index contributed by atoms with van der Waals surface area (Å²) in [7, 11) is 1.58. The molecule has 180 valence electrons. The molecule has 2 fully saturated rings. The third-order valence-corrected chi connectivity index (χ3v) is 6.57. The number of methoxy groups -OCH3 is 1. The molecular weight excluding hydrogens is 432 g/mol. The number of Topliss-reactive ketones (excluding diaryl/α,β-unsaturated/α-hetero) is 1. The molecule has 2 aromatic carbocycles. The Morgan fingerprint density at radius 3 is 2.59 bits per heavy atom. The van der Waals surface area contributed by atoms with Gasteiger partial charge in [-0.05, 0) is 49.6 Å². The van der Waals surface area contributed by atoms with E-state index in [-0.39, 0.29) is 11.3 Å². The van der Waals surface area contributed by atoms with Crippen LogP contribution in [0.25, 0.3) is 5.76 Å². The molecule has 2 aliphatic rings. The first kappa shape index (κ1) is 24.0. The normalized spacial score (nSPS) is 20.7. The van der Waals surface area contributed by atoms with Crippen molar-refractivity contribution in [3.8, 4) is 5.75 Å². The lowest BCUT2D eigenvalue weighted by atomic mass is 9.93. The van der Waals surface area contributed by atoms with Gasteiger partial charge in [0, 0.05) is 31.7 Å². The molecule has 1 N–H and O–H groups in total. The lowest BCUT2D eigenvalue weighted by Gasteiger charge is -2.29. The molecule has 1 atom stereocenters. The van der Waals surface area contributed by atoms with Crippen LogP contribution in [0.15, 0.2) is 48.0 Å². The monoisotopic (exact) mass is 464 g/mol. The molecule has 0 bridgehead atoms. The molecular formula is C27H32N2O5. The van der Waals surface area contributed by atoms with Crippen molar-refractivity contribution in [1.29, 1.82) is 0 Å². The predicted octanol–water partition coefficient (Wildman–Crippen LogP) is 3.46. The van der Waals surface area contributed by atoms with E-state index in [2.05, 4.69) is 4.90 Å². The number of benzene rings is 2. The van der Waals surface area contributed by atoms with Crippen LogP contribution in [-0.2, 0) is 14.3 Å². The molecule has 0 radical (unpaired) electrons. The van der Waals surface area contributed by atoms with E-state index in [9.17, 15) is 14.7 Å². The van der Waals surface area contributed by atoms with Crippen molar-refractivity contribution in [2.75, 3.05) is 46.5 Å². The number of hydrogen-bond donors (Lipinski definition) is 1. The predicted molar refractivity (Wildman–Crippen MR) is 130 cm³/mol. The Morgan fingerprint density at radius 2 is 1.85 bits per heavy atom. The number of aliphatic hydroxyl groups excluding tert-OH is 1. The first-order chi connectivity index (χ1) is 16.4. The van der Waals surface area contributed by atoms with E-state index in [0.717, 1.165) is 42.7 Å². The molecule has 2 aliphatic heterocycles. The first-order valence-corrected chi connectivity index (χ1v) is 11.7. The number of amides is 1. The summed E-state index contributed by atoms with van der Waals surface area (Å²) in [6.45, 7) is 8.19. The summed E-state index contributed by atoms with van der Waals surface area (Å²) in [6.07, 6.45) is 0.719. The van der Waals surface area contributed by atoms with Gasteiger partial charge in [0.25, 0.3) is 11.7 Å². The van der Waals surface area contributed by atoms with Gasteiger partial charge in [-0.1, -0.05) is 29.8 Å². The van der Waals surface area contributed by atoms with Crippen LogP contribution in [0.3, 0.4) is 0 Å². The van der Waals surface area contributed by atoms with Crippen molar-refractivity contribution < 1.29 is 24.2 Å². The van der Waals surface area contributed by atoms with Crippen LogP contribution in [0.5, 0.6) is 5.75 Å². The molecule has 0 aliphatic carbocycles. The minimum atomic E-state index is -0.681. The zero-order valence-corrected chi connectivity index (χ0v) is 20.0. The van der Waals surface area contributed by atoms with Gasteiger partial charge in [0.1, 0.15) is 11.5 Å². The molecule has 7 nitrogen and oxygen atoms in total. The highest BCUT2D eigenvalue weighted by Crippen LogP contribution is 2.40. The minimum Gasteiger partial charge on any atom is -0.507 e. The van der Waals surface area contributed by atoms with Crippen molar-refractivity contribution in [3.05, 3.63) is 70.3 Å². The van der Waals surface area contributed by atoms with Gasteiger partial charge in [0.2, 0.25) is 0 Å². The fraction of sp³-hybridized carbons (Fsp3) is 0.407. The number of carbonyl (C=O) groups excluding carboxylic acids is 2. The third kappa shape index (κ3) is 4.86. The Hall–Kier alpha value is -3.16. The second-order valence-electron chi connectivity index (χ2n) is 8.90. The molecule has 2 saturated heterocycles. The highest BCUT2D eigenvalue weighted by atomic mass is 16.5. The van der Waals surface area contributed by atoms with E-state index in [4.69, 9.17) is 9.47 Å². The number of carbonyl (C=O) groups is 2. The Morgan fingerprint density at radius 1 is 1.09 bits per heavy atom. The largest absolute Gasteiger partial charge is 0.507 e. The molecule has 0 spiro atoms. The van der Waals surface area contributed by atoms with Gasteiger partial charge in [-0.25, -0.2) is 0 Å². The lowest BCUT2D eigenvalue weighted by Crippen LogP contribution is -2.38. The number of ether oxygens (including phenoxy) is 2. The quantitative estimate of drug-likeness (QED) is 0.384. The molecule has 0 unspecified atom stereocenters. The zero-order valence-electron chi connectivity index (χ0n) is 20.0. The first-order valence-electron chi connectivity index (χ1n) is 11.7. The fourth-order valence-electron chi connectivity index (χ4n) is 4.69. The van der Waals surface area contributed by atoms with Crippen LogP contribution in [0.1, 0.15) is 34.7 Å². The topological polar surface area (TPSA) is 79.3 Å². The molecule has 4 rings (SSSR count). The maximum absolute atomic E-state index is 13.3. The second kappa shape index (κ2) is 10.4. The van der Waals surface area contributed by atoms with Gasteiger partial charge in [0.15, 0.2) is 0 Å². The van der Waals surface area contributed by atoms with Crippen LogP contribution in [-0.4, -0.2) is 73.1 Å².